The highest BCUT2D eigenvalue weighted by molar-refractivity contribution is 5.84. The number of esters is 1. The summed E-state index contributed by atoms with van der Waals surface area (Å²) < 4.78 is 31.2. The molecule has 6 heteroatoms. The third-order valence-corrected chi connectivity index (χ3v) is 10.7. The molecule has 0 amide bonds. The fraction of sp³-hybridized carbons (Fsp3) is 0.926. The number of rotatable bonds is 7. The summed E-state index contributed by atoms with van der Waals surface area (Å²) in [5, 5.41) is 0. The van der Waals surface area contributed by atoms with Crippen LogP contribution in [0.4, 0.5) is 4.39 Å². The fourth-order valence-corrected chi connectivity index (χ4v) is 8.96. The molecular weight excluding hydrogens is 423 g/mol. The molecule has 0 heterocycles. The smallest absolute Gasteiger partial charge is 0.305 e. The summed E-state index contributed by atoms with van der Waals surface area (Å²) in [5.41, 5.74) is 0.0645. The summed E-state index contributed by atoms with van der Waals surface area (Å²) in [4.78, 5) is 24.0. The predicted octanol–water partition coefficient (Wildman–Crippen LogP) is 5.35. The maximum Gasteiger partial charge on any atom is 0.305 e. The van der Waals surface area contributed by atoms with Crippen molar-refractivity contribution in [2.24, 2.45) is 46.3 Å². The first kappa shape index (κ1) is 25.1. The maximum absolute atomic E-state index is 14.7. The van der Waals surface area contributed by atoms with Gasteiger partial charge in [-0.15, -0.1) is 0 Å². The molecule has 0 spiro atoms. The van der Waals surface area contributed by atoms with Crippen molar-refractivity contribution in [2.75, 3.05) is 21.0 Å². The molecule has 0 aliphatic heterocycles. The number of ketones is 1. The van der Waals surface area contributed by atoms with E-state index in [2.05, 4.69) is 20.8 Å². The van der Waals surface area contributed by atoms with E-state index < -0.39 is 6.17 Å². The van der Waals surface area contributed by atoms with Crippen LogP contribution in [0.15, 0.2) is 0 Å². The molecule has 4 aliphatic carbocycles. The topological polar surface area (TPSA) is 61.8 Å². The number of carbonyl (C=O) groups excluding carboxylic acids is 2. The van der Waals surface area contributed by atoms with Crippen LogP contribution in [0.25, 0.3) is 0 Å². The second kappa shape index (κ2) is 9.56. The van der Waals surface area contributed by atoms with Crippen molar-refractivity contribution in [2.45, 2.75) is 90.8 Å². The van der Waals surface area contributed by atoms with Gasteiger partial charge in [-0.05, 0) is 91.3 Å². The highest BCUT2D eigenvalue weighted by Crippen LogP contribution is 2.68. The van der Waals surface area contributed by atoms with Crippen LogP contribution < -0.4 is 0 Å². The number of Topliss-reactive ketones (excluding diaryl/α,β-unsaturated/α-hetero) is 1. The van der Waals surface area contributed by atoms with Gasteiger partial charge in [0.2, 0.25) is 0 Å². The van der Waals surface area contributed by atoms with Crippen LogP contribution in [0.1, 0.15) is 78.6 Å². The van der Waals surface area contributed by atoms with Crippen molar-refractivity contribution in [3.05, 3.63) is 0 Å². The van der Waals surface area contributed by atoms with E-state index in [9.17, 15) is 14.0 Å². The minimum atomic E-state index is -1.31. The molecule has 4 saturated carbocycles. The molecule has 33 heavy (non-hydrogen) atoms. The van der Waals surface area contributed by atoms with Crippen LogP contribution in [0, 0.1) is 46.3 Å². The Kier molecular flexibility index (Phi) is 7.27. The Hall–Kier alpha value is -1.01. The molecule has 5 nitrogen and oxygen atoms in total. The third kappa shape index (κ3) is 4.28. The van der Waals surface area contributed by atoms with E-state index in [1.165, 1.54) is 13.5 Å². The first-order chi connectivity index (χ1) is 15.7. The molecule has 0 N–H and O–H groups in total. The number of methoxy groups -OCH3 is 2. The van der Waals surface area contributed by atoms with Gasteiger partial charge in [-0.2, -0.15) is 0 Å². The van der Waals surface area contributed by atoms with E-state index >= 15 is 0 Å². The number of hydrogen-bond acceptors (Lipinski definition) is 5. The zero-order chi connectivity index (χ0) is 24.0. The van der Waals surface area contributed by atoms with Crippen LogP contribution in [0.3, 0.4) is 0 Å². The van der Waals surface area contributed by atoms with E-state index in [0.717, 1.165) is 32.1 Å². The minimum absolute atomic E-state index is 0.0609. The maximum atomic E-state index is 14.7. The lowest BCUT2D eigenvalue weighted by Crippen LogP contribution is -2.60. The molecule has 0 saturated heterocycles. The van der Waals surface area contributed by atoms with Crippen molar-refractivity contribution < 1.29 is 28.2 Å². The van der Waals surface area contributed by atoms with Crippen LogP contribution in [-0.2, 0) is 23.8 Å². The zero-order valence-corrected chi connectivity index (χ0v) is 21.1. The fourth-order valence-electron chi connectivity index (χ4n) is 8.96. The lowest BCUT2D eigenvalue weighted by atomic mass is 9.43. The van der Waals surface area contributed by atoms with Crippen LogP contribution in [0.5, 0.6) is 0 Å². The minimum Gasteiger partial charge on any atom is -0.469 e. The molecule has 0 unspecified atom stereocenters. The SMILES string of the molecule is COCO[C@@H]1C[C@@H]2CC(=O)[C@@H](F)C[C@]2(C)[C@H]2CC[C@]3(C)[C@@H]([C@H](C)CCC(=O)OC)CC[C@H]3[C@H]12. The molecule has 0 radical (unpaired) electrons. The average molecular weight is 467 g/mol. The van der Waals surface area contributed by atoms with Gasteiger partial charge in [0.1, 0.15) is 6.79 Å². The van der Waals surface area contributed by atoms with Gasteiger partial charge in [0, 0.05) is 20.0 Å². The Morgan fingerprint density at radius 1 is 1.15 bits per heavy atom. The van der Waals surface area contributed by atoms with E-state index in [4.69, 9.17) is 14.2 Å². The van der Waals surface area contributed by atoms with Crippen molar-refractivity contribution in [3.63, 3.8) is 0 Å². The Morgan fingerprint density at radius 3 is 2.58 bits per heavy atom. The van der Waals surface area contributed by atoms with Crippen molar-refractivity contribution in [1.82, 2.24) is 0 Å². The van der Waals surface area contributed by atoms with Gasteiger partial charge in [0.05, 0.1) is 13.2 Å². The van der Waals surface area contributed by atoms with Crippen LogP contribution >= 0.6 is 0 Å². The molecular formula is C27H43FO5. The number of fused-ring (bicyclic) bond motifs is 5. The van der Waals surface area contributed by atoms with Gasteiger partial charge in [0.25, 0.3) is 0 Å². The normalized spacial score (nSPS) is 45.6. The highest BCUT2D eigenvalue weighted by atomic mass is 19.1. The standard InChI is InChI=1S/C27H43FO5/c1-16(6-9-24(30)32-5)18-7-8-19-25-20(10-11-26(18,19)2)27(3)14-21(28)22(29)12-17(27)13-23(25)33-15-31-4/h16-21,23,25H,6-15H2,1-5H3/t16-,17+,18-,19+,20+,21+,23-,25+,26-,27+/m1/s1. The highest BCUT2D eigenvalue weighted by Gasteiger charge is 2.64. The number of alkyl halides is 1. The second-order valence-corrected chi connectivity index (χ2v) is 12.0. The van der Waals surface area contributed by atoms with Crippen LogP contribution in [0.2, 0.25) is 0 Å². The van der Waals surface area contributed by atoms with Gasteiger partial charge in [-0.1, -0.05) is 20.8 Å². The summed E-state index contributed by atoms with van der Waals surface area (Å²) in [6, 6.07) is 0. The summed E-state index contributed by atoms with van der Waals surface area (Å²) in [6.07, 6.45) is 6.18. The average Bonchev–Trinajstić information content (AvgIpc) is 3.14. The van der Waals surface area contributed by atoms with Gasteiger partial charge in [0.15, 0.2) is 12.0 Å². The first-order valence-electron chi connectivity index (χ1n) is 13.0. The molecule has 10 atom stereocenters. The van der Waals surface area contributed by atoms with Crippen molar-refractivity contribution in [3.8, 4) is 0 Å². The van der Waals surface area contributed by atoms with E-state index in [-0.39, 0.29) is 41.4 Å². The number of hydrogen-bond donors (Lipinski definition) is 0. The quantitative estimate of drug-likeness (QED) is 0.374. The Morgan fingerprint density at radius 2 is 1.88 bits per heavy atom. The predicted molar refractivity (Wildman–Crippen MR) is 123 cm³/mol. The summed E-state index contributed by atoms with van der Waals surface area (Å²) in [6.45, 7) is 7.28. The molecule has 4 rings (SSSR count). The van der Waals surface area contributed by atoms with Gasteiger partial charge < -0.3 is 14.2 Å². The summed E-state index contributed by atoms with van der Waals surface area (Å²) in [5.74, 6) is 2.16. The van der Waals surface area contributed by atoms with Crippen molar-refractivity contribution >= 4 is 11.8 Å². The van der Waals surface area contributed by atoms with Crippen molar-refractivity contribution in [1.29, 1.82) is 0 Å². The molecule has 0 aromatic carbocycles. The summed E-state index contributed by atoms with van der Waals surface area (Å²) >= 11 is 0. The van der Waals surface area contributed by atoms with Gasteiger partial charge in [-0.25, -0.2) is 4.39 Å². The second-order valence-electron chi connectivity index (χ2n) is 12.0. The van der Waals surface area contributed by atoms with Gasteiger partial charge in [-0.3, -0.25) is 9.59 Å². The lowest BCUT2D eigenvalue weighted by molar-refractivity contribution is -0.205. The van der Waals surface area contributed by atoms with Crippen LogP contribution in [-0.4, -0.2) is 45.0 Å². The van der Waals surface area contributed by atoms with E-state index in [1.54, 1.807) is 7.11 Å². The van der Waals surface area contributed by atoms with Gasteiger partial charge >= 0.3 is 5.97 Å². The number of halogens is 1. The number of ether oxygens (including phenoxy) is 3. The third-order valence-electron chi connectivity index (χ3n) is 10.7. The Labute approximate surface area is 198 Å². The Balaban J connectivity index is 1.59. The molecule has 0 aromatic heterocycles. The number of carbonyl (C=O) groups is 2. The molecule has 188 valence electrons. The first-order valence-corrected chi connectivity index (χ1v) is 13.0. The largest absolute Gasteiger partial charge is 0.469 e. The monoisotopic (exact) mass is 466 g/mol. The molecule has 0 bridgehead atoms. The molecule has 4 fully saturated rings. The Bertz CT molecular complexity index is 742. The molecule has 0 aromatic rings. The zero-order valence-electron chi connectivity index (χ0n) is 21.1. The van der Waals surface area contributed by atoms with E-state index in [1.807, 2.05) is 0 Å². The van der Waals surface area contributed by atoms with E-state index in [0.29, 0.717) is 48.9 Å². The lowest BCUT2D eigenvalue weighted by Gasteiger charge is -2.62. The summed E-state index contributed by atoms with van der Waals surface area (Å²) in [7, 11) is 3.11. The molecule has 4 aliphatic rings.